The molecular weight excluding hydrogens is 242 g/mol. The van der Waals surface area contributed by atoms with E-state index in [0.717, 1.165) is 28.0 Å². The van der Waals surface area contributed by atoms with Crippen LogP contribution in [0.25, 0.3) is 11.2 Å². The number of imidazole rings is 1. The largest absolute Gasteiger partial charge is 0.329 e. The summed E-state index contributed by atoms with van der Waals surface area (Å²) in [6.45, 7) is 2.80. The lowest BCUT2D eigenvalue weighted by Gasteiger charge is -2.04. The van der Waals surface area contributed by atoms with Crippen LogP contribution in [0.3, 0.4) is 0 Å². The number of hydrogen-bond donors (Lipinski definition) is 1. The first-order chi connectivity index (χ1) is 8.75. The molecule has 0 unspecified atom stereocenters. The quantitative estimate of drug-likeness (QED) is 0.712. The molecule has 90 valence electrons. The van der Waals surface area contributed by atoms with Crippen molar-refractivity contribution in [2.75, 3.05) is 0 Å². The molecule has 3 nitrogen and oxygen atoms in total. The number of aromatic amines is 1. The van der Waals surface area contributed by atoms with Gasteiger partial charge in [0.2, 0.25) is 0 Å². The van der Waals surface area contributed by atoms with E-state index < -0.39 is 0 Å². The van der Waals surface area contributed by atoms with Crippen molar-refractivity contribution in [1.82, 2.24) is 14.5 Å². The summed E-state index contributed by atoms with van der Waals surface area (Å²) in [7, 11) is 0. The van der Waals surface area contributed by atoms with Crippen LogP contribution in [0, 0.1) is 11.7 Å². The summed E-state index contributed by atoms with van der Waals surface area (Å²) in [6.07, 6.45) is 1.82. The van der Waals surface area contributed by atoms with Gasteiger partial charge in [-0.1, -0.05) is 30.3 Å². The molecule has 3 aromatic rings. The Kier molecular flexibility index (Phi) is 2.72. The molecule has 0 bridgehead atoms. The van der Waals surface area contributed by atoms with Crippen molar-refractivity contribution < 1.29 is 0 Å². The first-order valence-corrected chi connectivity index (χ1v) is 6.24. The molecule has 0 saturated heterocycles. The second-order valence-electron chi connectivity index (χ2n) is 4.33. The Morgan fingerprint density at radius 2 is 2.00 bits per heavy atom. The Morgan fingerprint density at radius 1 is 1.22 bits per heavy atom. The highest BCUT2D eigenvalue weighted by Crippen LogP contribution is 2.16. The third-order valence-corrected chi connectivity index (χ3v) is 3.38. The van der Waals surface area contributed by atoms with Gasteiger partial charge in [-0.3, -0.25) is 4.57 Å². The smallest absolute Gasteiger partial charge is 0.179 e. The molecule has 0 aliphatic carbocycles. The molecule has 0 radical (unpaired) electrons. The summed E-state index contributed by atoms with van der Waals surface area (Å²) in [5.41, 5.74) is 4.33. The van der Waals surface area contributed by atoms with Crippen molar-refractivity contribution in [3.63, 3.8) is 0 Å². The third-order valence-electron chi connectivity index (χ3n) is 3.06. The summed E-state index contributed by atoms with van der Waals surface area (Å²) >= 11 is 5.38. The molecule has 2 aromatic heterocycles. The number of nitrogens with zero attached hydrogens (tertiary/aromatic N) is 2. The number of fused-ring (bicyclic) bond motifs is 1. The maximum atomic E-state index is 5.38. The van der Waals surface area contributed by atoms with Gasteiger partial charge in [0, 0.05) is 6.20 Å². The van der Waals surface area contributed by atoms with Crippen molar-refractivity contribution in [3.8, 4) is 0 Å². The highest BCUT2D eigenvalue weighted by atomic mass is 32.1. The van der Waals surface area contributed by atoms with Crippen LogP contribution in [0.2, 0.25) is 0 Å². The SMILES string of the molecule is Cc1ccnc2c1[nH]c(=S)n2Cc1ccccc1. The average Bonchev–Trinajstić information content (AvgIpc) is 2.70. The lowest BCUT2D eigenvalue weighted by Crippen LogP contribution is -2.00. The second-order valence-corrected chi connectivity index (χ2v) is 4.72. The Balaban J connectivity index is 2.15. The van der Waals surface area contributed by atoms with E-state index in [1.165, 1.54) is 5.56 Å². The van der Waals surface area contributed by atoms with E-state index in [0.29, 0.717) is 0 Å². The monoisotopic (exact) mass is 255 g/mol. The minimum Gasteiger partial charge on any atom is -0.329 e. The van der Waals surface area contributed by atoms with Crippen LogP contribution in [0.1, 0.15) is 11.1 Å². The van der Waals surface area contributed by atoms with Crippen molar-refractivity contribution in [1.29, 1.82) is 0 Å². The topological polar surface area (TPSA) is 33.6 Å². The third kappa shape index (κ3) is 1.84. The normalized spacial score (nSPS) is 10.9. The second kappa shape index (κ2) is 4.38. The summed E-state index contributed by atoms with van der Waals surface area (Å²) in [4.78, 5) is 7.65. The van der Waals surface area contributed by atoms with Gasteiger partial charge >= 0.3 is 0 Å². The van der Waals surface area contributed by atoms with Crippen LogP contribution in [0.15, 0.2) is 42.6 Å². The van der Waals surface area contributed by atoms with Crippen LogP contribution in [-0.4, -0.2) is 14.5 Å². The molecule has 0 atom stereocenters. The number of H-pyrrole nitrogens is 1. The summed E-state index contributed by atoms with van der Waals surface area (Å²) in [5, 5.41) is 0. The molecule has 3 rings (SSSR count). The number of aromatic nitrogens is 3. The minimum atomic E-state index is 0.718. The fourth-order valence-electron chi connectivity index (χ4n) is 2.09. The predicted molar refractivity (Wildman–Crippen MR) is 75.2 cm³/mol. The zero-order valence-electron chi connectivity index (χ0n) is 10.1. The number of nitrogens with one attached hydrogen (secondary N) is 1. The Bertz CT molecular complexity index is 741. The Labute approximate surface area is 110 Å². The van der Waals surface area contributed by atoms with E-state index >= 15 is 0 Å². The van der Waals surface area contributed by atoms with Crippen molar-refractivity contribution in [3.05, 3.63) is 58.5 Å². The fraction of sp³-hybridized carbons (Fsp3) is 0.143. The van der Waals surface area contributed by atoms with Crippen molar-refractivity contribution in [2.24, 2.45) is 0 Å². The van der Waals surface area contributed by atoms with Gasteiger partial charge in [0.25, 0.3) is 0 Å². The molecule has 1 N–H and O–H groups in total. The van der Waals surface area contributed by atoms with Gasteiger partial charge in [-0.05, 0) is 36.3 Å². The molecule has 0 spiro atoms. The number of hydrogen-bond acceptors (Lipinski definition) is 2. The zero-order chi connectivity index (χ0) is 12.5. The van der Waals surface area contributed by atoms with Gasteiger partial charge in [-0.15, -0.1) is 0 Å². The number of aryl methyl sites for hydroxylation is 1. The van der Waals surface area contributed by atoms with E-state index in [1.807, 2.05) is 35.0 Å². The fourth-order valence-corrected chi connectivity index (χ4v) is 2.34. The van der Waals surface area contributed by atoms with Crippen molar-refractivity contribution in [2.45, 2.75) is 13.5 Å². The minimum absolute atomic E-state index is 0.718. The molecule has 1 aromatic carbocycles. The van der Waals surface area contributed by atoms with Crippen molar-refractivity contribution >= 4 is 23.4 Å². The van der Waals surface area contributed by atoms with Gasteiger partial charge in [-0.25, -0.2) is 4.98 Å². The van der Waals surface area contributed by atoms with E-state index in [2.05, 4.69) is 29.0 Å². The molecule has 4 heteroatoms. The maximum Gasteiger partial charge on any atom is 0.179 e. The van der Waals surface area contributed by atoms with Crippen LogP contribution in [-0.2, 0) is 6.54 Å². The molecule has 0 fully saturated rings. The molecule has 0 aliphatic rings. The van der Waals surface area contributed by atoms with Gasteiger partial charge in [0.15, 0.2) is 10.4 Å². The molecule has 0 amide bonds. The zero-order valence-corrected chi connectivity index (χ0v) is 10.9. The highest BCUT2D eigenvalue weighted by molar-refractivity contribution is 7.71. The summed E-state index contributed by atoms with van der Waals surface area (Å²) < 4.78 is 2.75. The lowest BCUT2D eigenvalue weighted by molar-refractivity contribution is 0.801. The average molecular weight is 255 g/mol. The molecule has 2 heterocycles. The first kappa shape index (κ1) is 11.2. The Morgan fingerprint density at radius 3 is 2.78 bits per heavy atom. The number of rotatable bonds is 2. The first-order valence-electron chi connectivity index (χ1n) is 5.84. The van der Waals surface area contributed by atoms with Gasteiger partial charge in [-0.2, -0.15) is 0 Å². The molecule has 0 aliphatic heterocycles. The maximum absolute atomic E-state index is 5.38. The Hall–Kier alpha value is -1.94. The summed E-state index contributed by atoms with van der Waals surface area (Å²) in [5.74, 6) is 0. The summed E-state index contributed by atoms with van der Waals surface area (Å²) in [6, 6.07) is 12.3. The number of pyridine rings is 1. The van der Waals surface area contributed by atoms with E-state index in [1.54, 1.807) is 0 Å². The van der Waals surface area contributed by atoms with Gasteiger partial charge < -0.3 is 4.98 Å². The standard InChI is InChI=1S/C14H13N3S/c1-10-7-8-15-13-12(10)16-14(18)17(13)9-11-5-3-2-4-6-11/h2-8H,9H2,1H3,(H,16,18). The van der Waals surface area contributed by atoms with Crippen LogP contribution in [0.4, 0.5) is 0 Å². The lowest BCUT2D eigenvalue weighted by atomic mass is 10.2. The highest BCUT2D eigenvalue weighted by Gasteiger charge is 2.07. The van der Waals surface area contributed by atoms with E-state index in [4.69, 9.17) is 12.2 Å². The van der Waals surface area contributed by atoms with E-state index in [9.17, 15) is 0 Å². The predicted octanol–water partition coefficient (Wildman–Crippen LogP) is 3.45. The molecule has 0 saturated carbocycles. The van der Waals surface area contributed by atoms with E-state index in [-0.39, 0.29) is 0 Å². The van der Waals surface area contributed by atoms with Crippen LogP contribution in [0.5, 0.6) is 0 Å². The molecular formula is C14H13N3S. The van der Waals surface area contributed by atoms with Gasteiger partial charge in [0.05, 0.1) is 12.1 Å². The van der Waals surface area contributed by atoms with Crippen LogP contribution >= 0.6 is 12.2 Å². The van der Waals surface area contributed by atoms with Gasteiger partial charge in [0.1, 0.15) is 0 Å². The van der Waals surface area contributed by atoms with Crippen LogP contribution < -0.4 is 0 Å². The molecule has 18 heavy (non-hydrogen) atoms. The number of benzene rings is 1.